The lowest BCUT2D eigenvalue weighted by Crippen LogP contribution is -2.38. The van der Waals surface area contributed by atoms with Crippen molar-refractivity contribution >= 4 is 35.3 Å². The second kappa shape index (κ2) is 6.10. The van der Waals surface area contributed by atoms with Crippen LogP contribution < -0.4 is 5.32 Å². The zero-order valence-corrected chi connectivity index (χ0v) is 12.8. The topological polar surface area (TPSA) is 15.3 Å². The van der Waals surface area contributed by atoms with Gasteiger partial charge in [0.25, 0.3) is 0 Å². The summed E-state index contributed by atoms with van der Waals surface area (Å²) in [6.45, 7) is 6.05. The van der Waals surface area contributed by atoms with Gasteiger partial charge in [-0.25, -0.2) is 0 Å². The van der Waals surface area contributed by atoms with E-state index in [0.717, 1.165) is 10.9 Å². The van der Waals surface area contributed by atoms with Crippen LogP contribution in [0.5, 0.6) is 0 Å². The first-order valence-corrected chi connectivity index (χ1v) is 7.63. The molecular weight excluding hydrogens is 287 g/mol. The van der Waals surface area contributed by atoms with E-state index in [1.165, 1.54) is 50.3 Å². The molecule has 2 aliphatic heterocycles. The van der Waals surface area contributed by atoms with Crippen molar-refractivity contribution in [2.45, 2.75) is 25.8 Å². The molecule has 5 heteroatoms. The summed E-state index contributed by atoms with van der Waals surface area (Å²) >= 11 is 7.70. The van der Waals surface area contributed by atoms with Crippen molar-refractivity contribution in [1.82, 2.24) is 10.2 Å². The lowest BCUT2D eigenvalue weighted by atomic mass is 9.78. The summed E-state index contributed by atoms with van der Waals surface area (Å²) in [5, 5.41) is 3.47. The molecule has 1 aromatic rings. The van der Waals surface area contributed by atoms with E-state index in [2.05, 4.69) is 16.3 Å². The number of nitrogens with zero attached hydrogens (tertiary/aromatic N) is 1. The number of rotatable bonds is 2. The van der Waals surface area contributed by atoms with Gasteiger partial charge >= 0.3 is 0 Å². The first kappa shape index (κ1) is 14.6. The highest BCUT2D eigenvalue weighted by molar-refractivity contribution is 7.16. The Bertz CT molecular complexity index is 388. The lowest BCUT2D eigenvalue weighted by Gasteiger charge is -2.33. The predicted molar refractivity (Wildman–Crippen MR) is 81.0 cm³/mol. The van der Waals surface area contributed by atoms with Gasteiger partial charge in [0.2, 0.25) is 0 Å². The molecule has 0 saturated carbocycles. The van der Waals surface area contributed by atoms with Crippen LogP contribution in [0, 0.1) is 5.41 Å². The first-order chi connectivity index (χ1) is 8.26. The van der Waals surface area contributed by atoms with Gasteiger partial charge in [-0.1, -0.05) is 11.6 Å². The molecule has 0 aromatic carbocycles. The molecular formula is C13H20Cl2N2S. The standard InChI is InChI=1S/C13H19ClN2S.ClH/c14-12-2-1-11(17-12)9-16-8-5-13(10-16)3-6-15-7-4-13;/h1-2,15H,3-10H2;1H. The Balaban J connectivity index is 0.00000120. The number of thiophene rings is 1. The van der Waals surface area contributed by atoms with Gasteiger partial charge in [0.15, 0.2) is 0 Å². The molecule has 0 atom stereocenters. The minimum atomic E-state index is 0. The van der Waals surface area contributed by atoms with Crippen LogP contribution in [0.3, 0.4) is 0 Å². The van der Waals surface area contributed by atoms with Crippen molar-refractivity contribution in [2.75, 3.05) is 26.2 Å². The van der Waals surface area contributed by atoms with E-state index in [1.54, 1.807) is 11.3 Å². The van der Waals surface area contributed by atoms with Crippen molar-refractivity contribution in [3.63, 3.8) is 0 Å². The molecule has 0 aliphatic carbocycles. The summed E-state index contributed by atoms with van der Waals surface area (Å²) in [5.74, 6) is 0. The highest BCUT2D eigenvalue weighted by atomic mass is 35.5. The van der Waals surface area contributed by atoms with Crippen LogP contribution in [0.4, 0.5) is 0 Å². The van der Waals surface area contributed by atoms with E-state index in [1.807, 2.05) is 6.07 Å². The van der Waals surface area contributed by atoms with Gasteiger partial charge in [-0.05, 0) is 56.4 Å². The zero-order chi connectivity index (χ0) is 11.7. The fourth-order valence-corrected chi connectivity index (χ4v) is 4.32. The maximum atomic E-state index is 5.98. The van der Waals surface area contributed by atoms with Gasteiger partial charge < -0.3 is 5.32 Å². The molecule has 1 aromatic heterocycles. The fourth-order valence-electron chi connectivity index (χ4n) is 3.19. The predicted octanol–water partition coefficient (Wildman–Crippen LogP) is 3.40. The first-order valence-electron chi connectivity index (χ1n) is 6.43. The normalized spacial score (nSPS) is 23.2. The van der Waals surface area contributed by atoms with Gasteiger partial charge in [0, 0.05) is 18.0 Å². The Hall–Kier alpha value is 0.200. The van der Waals surface area contributed by atoms with Crippen molar-refractivity contribution in [3.05, 3.63) is 21.3 Å². The smallest absolute Gasteiger partial charge is 0.0931 e. The average molecular weight is 307 g/mol. The van der Waals surface area contributed by atoms with Crippen molar-refractivity contribution in [3.8, 4) is 0 Å². The third kappa shape index (κ3) is 3.20. The Morgan fingerprint density at radius 3 is 2.72 bits per heavy atom. The number of piperidine rings is 1. The molecule has 18 heavy (non-hydrogen) atoms. The SMILES string of the molecule is Cl.Clc1ccc(CN2CCC3(CCNCC3)C2)s1. The van der Waals surface area contributed by atoms with Gasteiger partial charge in [-0.2, -0.15) is 0 Å². The molecule has 0 bridgehead atoms. The monoisotopic (exact) mass is 306 g/mol. The van der Waals surface area contributed by atoms with Crippen LogP contribution in [-0.4, -0.2) is 31.1 Å². The molecule has 2 aliphatic rings. The summed E-state index contributed by atoms with van der Waals surface area (Å²) in [7, 11) is 0. The van der Waals surface area contributed by atoms with Crippen LogP contribution in [0.15, 0.2) is 12.1 Å². The number of hydrogen-bond acceptors (Lipinski definition) is 3. The number of nitrogens with one attached hydrogen (secondary N) is 1. The highest BCUT2D eigenvalue weighted by Gasteiger charge is 2.38. The van der Waals surface area contributed by atoms with Crippen molar-refractivity contribution < 1.29 is 0 Å². The lowest BCUT2D eigenvalue weighted by molar-refractivity contribution is 0.194. The van der Waals surface area contributed by atoms with E-state index in [0.29, 0.717) is 5.41 Å². The fraction of sp³-hybridized carbons (Fsp3) is 0.692. The molecule has 2 saturated heterocycles. The van der Waals surface area contributed by atoms with Crippen LogP contribution in [-0.2, 0) is 6.54 Å². The van der Waals surface area contributed by atoms with Crippen LogP contribution in [0.1, 0.15) is 24.1 Å². The molecule has 2 nitrogen and oxygen atoms in total. The molecule has 2 fully saturated rings. The summed E-state index contributed by atoms with van der Waals surface area (Å²) in [4.78, 5) is 4.01. The van der Waals surface area contributed by atoms with Gasteiger partial charge in [-0.3, -0.25) is 4.90 Å². The minimum absolute atomic E-state index is 0. The molecule has 1 N–H and O–H groups in total. The minimum Gasteiger partial charge on any atom is -0.317 e. The Morgan fingerprint density at radius 2 is 2.06 bits per heavy atom. The van der Waals surface area contributed by atoms with Crippen LogP contribution in [0.25, 0.3) is 0 Å². The molecule has 0 radical (unpaired) electrons. The molecule has 0 amide bonds. The van der Waals surface area contributed by atoms with E-state index in [4.69, 9.17) is 11.6 Å². The summed E-state index contributed by atoms with van der Waals surface area (Å²) in [5.41, 5.74) is 0.617. The van der Waals surface area contributed by atoms with Crippen molar-refractivity contribution in [1.29, 1.82) is 0 Å². The number of likely N-dealkylation sites (tertiary alicyclic amines) is 1. The molecule has 3 rings (SSSR count). The summed E-state index contributed by atoms with van der Waals surface area (Å²) in [6, 6.07) is 4.18. The third-order valence-corrected chi connectivity index (χ3v) is 5.41. The van der Waals surface area contributed by atoms with Crippen molar-refractivity contribution in [2.24, 2.45) is 5.41 Å². The second-order valence-electron chi connectivity index (χ2n) is 5.42. The third-order valence-electron chi connectivity index (χ3n) is 4.19. The molecule has 102 valence electrons. The van der Waals surface area contributed by atoms with E-state index >= 15 is 0 Å². The number of halogens is 2. The van der Waals surface area contributed by atoms with E-state index < -0.39 is 0 Å². The molecule has 1 spiro atoms. The van der Waals surface area contributed by atoms with Crippen LogP contribution in [0.2, 0.25) is 4.34 Å². The van der Waals surface area contributed by atoms with Crippen LogP contribution >= 0.6 is 35.3 Å². The average Bonchev–Trinajstić information content (AvgIpc) is 2.89. The highest BCUT2D eigenvalue weighted by Crippen LogP contribution is 2.39. The zero-order valence-electron chi connectivity index (χ0n) is 10.5. The second-order valence-corrected chi connectivity index (χ2v) is 7.22. The van der Waals surface area contributed by atoms with Gasteiger partial charge in [-0.15, -0.1) is 23.7 Å². The largest absolute Gasteiger partial charge is 0.317 e. The maximum Gasteiger partial charge on any atom is 0.0931 e. The van der Waals surface area contributed by atoms with Gasteiger partial charge in [0.1, 0.15) is 0 Å². The quantitative estimate of drug-likeness (QED) is 0.901. The molecule has 3 heterocycles. The molecule has 0 unspecified atom stereocenters. The number of hydrogen-bond donors (Lipinski definition) is 1. The summed E-state index contributed by atoms with van der Waals surface area (Å²) < 4.78 is 0.913. The Labute approximate surface area is 124 Å². The van der Waals surface area contributed by atoms with E-state index in [9.17, 15) is 0 Å². The maximum absolute atomic E-state index is 5.98. The Morgan fingerprint density at radius 1 is 1.28 bits per heavy atom. The van der Waals surface area contributed by atoms with E-state index in [-0.39, 0.29) is 12.4 Å². The summed E-state index contributed by atoms with van der Waals surface area (Å²) in [6.07, 6.45) is 4.09. The Kier molecular flexibility index (Phi) is 4.95. The van der Waals surface area contributed by atoms with Gasteiger partial charge in [0.05, 0.1) is 4.34 Å².